The number of anilines is 1. The van der Waals surface area contributed by atoms with Crippen LogP contribution in [0.15, 0.2) is 35.1 Å². The summed E-state index contributed by atoms with van der Waals surface area (Å²) in [6.45, 7) is 0.591. The van der Waals surface area contributed by atoms with Crippen LogP contribution in [0.1, 0.15) is 12.8 Å². The summed E-state index contributed by atoms with van der Waals surface area (Å²) in [5, 5.41) is 7.67. The molecule has 1 fully saturated rings. The highest BCUT2D eigenvalue weighted by molar-refractivity contribution is 5.83. The predicted octanol–water partition coefficient (Wildman–Crippen LogP) is 1.22. The Morgan fingerprint density at radius 3 is 2.84 bits per heavy atom. The van der Waals surface area contributed by atoms with Gasteiger partial charge in [0.15, 0.2) is 0 Å². The Kier molecular flexibility index (Phi) is 2.95. The van der Waals surface area contributed by atoms with Crippen molar-refractivity contribution in [2.75, 3.05) is 11.9 Å². The third-order valence-electron chi connectivity index (χ3n) is 3.38. The van der Waals surface area contributed by atoms with E-state index in [1.807, 2.05) is 24.3 Å². The first-order valence-corrected chi connectivity index (χ1v) is 6.38. The number of benzene rings is 1. The topological polar surface area (TPSA) is 74.0 Å². The number of carbonyl (C=O) groups is 1. The Labute approximate surface area is 110 Å². The molecule has 1 atom stereocenters. The zero-order chi connectivity index (χ0) is 13.2. The maximum absolute atomic E-state index is 11.9. The van der Waals surface area contributed by atoms with Gasteiger partial charge in [0.1, 0.15) is 5.82 Å². The van der Waals surface area contributed by atoms with E-state index < -0.39 is 0 Å². The summed E-state index contributed by atoms with van der Waals surface area (Å²) >= 11 is 0. The Morgan fingerprint density at radius 2 is 2.05 bits per heavy atom. The molecule has 1 aliphatic rings. The first-order chi connectivity index (χ1) is 9.22. The number of hydrogen-bond donors (Lipinski definition) is 3. The minimum absolute atomic E-state index is 0.0880. The van der Waals surface area contributed by atoms with Gasteiger partial charge >= 0.3 is 0 Å². The number of H-pyrrole nitrogens is 1. The summed E-state index contributed by atoms with van der Waals surface area (Å²) < 4.78 is 0. The van der Waals surface area contributed by atoms with E-state index in [0.717, 1.165) is 11.8 Å². The molecule has 1 aromatic heterocycles. The van der Waals surface area contributed by atoms with E-state index in [0.29, 0.717) is 24.2 Å². The second-order valence-corrected chi connectivity index (χ2v) is 4.78. The number of rotatable bonds is 2. The van der Waals surface area contributed by atoms with Gasteiger partial charge in [-0.05, 0) is 23.9 Å². The van der Waals surface area contributed by atoms with E-state index in [-0.39, 0.29) is 17.5 Å². The maximum atomic E-state index is 11.9. The zero-order valence-corrected chi connectivity index (χ0v) is 10.4. The van der Waals surface area contributed by atoms with E-state index in [9.17, 15) is 9.59 Å². The molecule has 3 rings (SSSR count). The second-order valence-electron chi connectivity index (χ2n) is 4.78. The van der Waals surface area contributed by atoms with Crippen LogP contribution in [-0.4, -0.2) is 23.5 Å². The van der Waals surface area contributed by atoms with Crippen LogP contribution in [0.25, 0.3) is 10.8 Å². The third-order valence-corrected chi connectivity index (χ3v) is 3.38. The van der Waals surface area contributed by atoms with Gasteiger partial charge in [-0.25, -0.2) is 0 Å². The Morgan fingerprint density at radius 1 is 1.21 bits per heavy atom. The van der Waals surface area contributed by atoms with Gasteiger partial charge in [-0.1, -0.05) is 18.2 Å². The van der Waals surface area contributed by atoms with Crippen molar-refractivity contribution in [2.24, 2.45) is 0 Å². The van der Waals surface area contributed by atoms with Crippen LogP contribution < -0.4 is 16.2 Å². The number of hydrogen-bond acceptors (Lipinski definition) is 3. The molecule has 3 N–H and O–H groups in total. The van der Waals surface area contributed by atoms with Crippen molar-refractivity contribution in [3.8, 4) is 0 Å². The van der Waals surface area contributed by atoms with Gasteiger partial charge < -0.3 is 15.6 Å². The van der Waals surface area contributed by atoms with Gasteiger partial charge in [0, 0.05) is 24.4 Å². The van der Waals surface area contributed by atoms with Gasteiger partial charge in [-0.3, -0.25) is 9.59 Å². The lowest BCUT2D eigenvalue weighted by Crippen LogP contribution is -2.42. The van der Waals surface area contributed by atoms with E-state index in [1.165, 1.54) is 0 Å². The summed E-state index contributed by atoms with van der Waals surface area (Å²) in [4.78, 5) is 25.9. The molecule has 0 saturated carbocycles. The van der Waals surface area contributed by atoms with Gasteiger partial charge in [0.05, 0.1) is 0 Å². The average molecular weight is 257 g/mol. The first-order valence-electron chi connectivity index (χ1n) is 6.38. The van der Waals surface area contributed by atoms with E-state index in [4.69, 9.17) is 0 Å². The average Bonchev–Trinajstić information content (AvgIpc) is 2.42. The number of carbonyl (C=O) groups excluding carboxylic acids is 1. The summed E-state index contributed by atoms with van der Waals surface area (Å²) in [6.07, 6.45) is 1.30. The monoisotopic (exact) mass is 257 g/mol. The molecule has 0 spiro atoms. The van der Waals surface area contributed by atoms with Crippen molar-refractivity contribution in [3.05, 3.63) is 40.7 Å². The van der Waals surface area contributed by atoms with Crippen molar-refractivity contribution < 1.29 is 4.79 Å². The van der Waals surface area contributed by atoms with Crippen LogP contribution in [0.5, 0.6) is 0 Å². The van der Waals surface area contributed by atoms with Gasteiger partial charge in [-0.15, -0.1) is 0 Å². The molecule has 0 radical (unpaired) electrons. The summed E-state index contributed by atoms with van der Waals surface area (Å²) in [5.74, 6) is 0.787. The summed E-state index contributed by atoms with van der Waals surface area (Å²) in [7, 11) is 0. The Balaban J connectivity index is 1.85. The van der Waals surface area contributed by atoms with E-state index in [1.54, 1.807) is 6.07 Å². The number of fused-ring (bicyclic) bond motifs is 1. The number of piperidine rings is 1. The third kappa shape index (κ3) is 2.45. The Hall–Kier alpha value is -2.30. The summed E-state index contributed by atoms with van der Waals surface area (Å²) in [6, 6.07) is 9.56. The van der Waals surface area contributed by atoms with E-state index >= 15 is 0 Å². The lowest BCUT2D eigenvalue weighted by Gasteiger charge is -2.24. The van der Waals surface area contributed by atoms with Gasteiger partial charge in [0.25, 0.3) is 5.56 Å². The van der Waals surface area contributed by atoms with Crippen molar-refractivity contribution >= 4 is 22.5 Å². The standard InChI is InChI=1S/C14H15N3O2/c18-13-6-5-10(8-15-13)16-12-7-9-3-1-2-4-11(9)14(19)17-12/h1-4,7,10H,5-6,8H2,(H,15,18)(H2,16,17,19). The van der Waals surface area contributed by atoms with Gasteiger partial charge in [0.2, 0.25) is 5.91 Å². The van der Waals surface area contributed by atoms with Gasteiger partial charge in [-0.2, -0.15) is 0 Å². The van der Waals surface area contributed by atoms with Crippen molar-refractivity contribution in [1.82, 2.24) is 10.3 Å². The molecule has 0 aliphatic carbocycles. The fourth-order valence-electron chi connectivity index (χ4n) is 2.36. The smallest absolute Gasteiger partial charge is 0.257 e. The molecule has 5 heteroatoms. The molecule has 5 nitrogen and oxygen atoms in total. The van der Waals surface area contributed by atoms with Crippen LogP contribution in [0.3, 0.4) is 0 Å². The molecular formula is C14H15N3O2. The fraction of sp³-hybridized carbons (Fsp3) is 0.286. The first kappa shape index (κ1) is 11.8. The largest absolute Gasteiger partial charge is 0.367 e. The number of aromatic nitrogens is 1. The molecule has 1 aliphatic heterocycles. The number of aromatic amines is 1. The van der Waals surface area contributed by atoms with E-state index in [2.05, 4.69) is 15.6 Å². The SMILES string of the molecule is O=C1CCC(Nc2cc3ccccc3c(=O)[nH]2)CN1. The second kappa shape index (κ2) is 4.76. The molecule has 0 bridgehead atoms. The quantitative estimate of drug-likeness (QED) is 0.757. The van der Waals surface area contributed by atoms with Crippen LogP contribution in [-0.2, 0) is 4.79 Å². The minimum Gasteiger partial charge on any atom is -0.367 e. The van der Waals surface area contributed by atoms with Crippen LogP contribution in [0.2, 0.25) is 0 Å². The van der Waals surface area contributed by atoms with Crippen LogP contribution >= 0.6 is 0 Å². The highest BCUT2D eigenvalue weighted by Crippen LogP contribution is 2.15. The zero-order valence-electron chi connectivity index (χ0n) is 10.4. The van der Waals surface area contributed by atoms with Crippen LogP contribution in [0, 0.1) is 0 Å². The molecule has 1 unspecified atom stereocenters. The molecule has 1 aromatic carbocycles. The lowest BCUT2D eigenvalue weighted by atomic mass is 10.1. The summed E-state index contributed by atoms with van der Waals surface area (Å²) in [5.41, 5.74) is -0.0968. The normalized spacial score (nSPS) is 19.2. The van der Waals surface area contributed by atoms with Crippen LogP contribution in [0.4, 0.5) is 5.82 Å². The van der Waals surface area contributed by atoms with Crippen molar-refractivity contribution in [1.29, 1.82) is 0 Å². The molecule has 98 valence electrons. The molecule has 1 saturated heterocycles. The number of amides is 1. The molecule has 2 heterocycles. The van der Waals surface area contributed by atoms with Crippen molar-refractivity contribution in [3.63, 3.8) is 0 Å². The molecule has 1 amide bonds. The lowest BCUT2D eigenvalue weighted by molar-refractivity contribution is -0.122. The molecular weight excluding hydrogens is 242 g/mol. The highest BCUT2D eigenvalue weighted by atomic mass is 16.1. The minimum atomic E-state index is -0.0968. The maximum Gasteiger partial charge on any atom is 0.257 e. The fourth-order valence-corrected chi connectivity index (χ4v) is 2.36. The molecule has 2 aromatic rings. The predicted molar refractivity (Wildman–Crippen MR) is 74.2 cm³/mol. The number of pyridine rings is 1. The molecule has 19 heavy (non-hydrogen) atoms. The Bertz CT molecular complexity index is 668. The number of nitrogens with one attached hydrogen (secondary N) is 3. The van der Waals surface area contributed by atoms with Crippen molar-refractivity contribution in [2.45, 2.75) is 18.9 Å². The highest BCUT2D eigenvalue weighted by Gasteiger charge is 2.17.